The molecule has 8 nitrogen and oxygen atoms in total. The highest BCUT2D eigenvalue weighted by Crippen LogP contribution is 2.68. The number of carbonyl (C=O) groups excluding carboxylic acids is 4. The van der Waals surface area contributed by atoms with Crippen LogP contribution >= 0.6 is 0 Å². The third-order valence-corrected chi connectivity index (χ3v) is 11.8. The van der Waals surface area contributed by atoms with E-state index in [0.29, 0.717) is 36.7 Å². The van der Waals surface area contributed by atoms with Crippen molar-refractivity contribution < 1.29 is 38.1 Å². The maximum absolute atomic E-state index is 12.4. The lowest BCUT2D eigenvalue weighted by Gasteiger charge is -2.60. The molecule has 4 rings (SSSR count). The van der Waals surface area contributed by atoms with Crippen molar-refractivity contribution in [2.45, 2.75) is 138 Å². The van der Waals surface area contributed by atoms with Gasteiger partial charge in [0.25, 0.3) is 0 Å². The first-order chi connectivity index (χ1) is 20.2. The first-order valence-corrected chi connectivity index (χ1v) is 16.5. The van der Waals surface area contributed by atoms with Crippen molar-refractivity contribution >= 4 is 23.9 Å². The third kappa shape index (κ3) is 7.14. The molecular formula is C35H54O8. The molecule has 0 radical (unpaired) electrons. The summed E-state index contributed by atoms with van der Waals surface area (Å²) in [6.45, 7) is 15.1. The van der Waals surface area contributed by atoms with Crippen LogP contribution in [-0.4, -0.2) is 48.8 Å². The minimum absolute atomic E-state index is 0.0351. The molecule has 8 heteroatoms. The standard InChI is InChI=1S/C35H54O8/c1-20(19-40-22(3)36)9-12-31(42-24(5)38)21(2)33-32(43-25(6)39)18-30-28-11-10-26-17-27(41-23(4)37)13-15-34(26,7)29(28)14-16-35(30,33)8/h20,26-32H,9-19H2,1-8H3/b33-21+/t20-,26-,27-,28+,29-,30-,31-,32+,34-,35-/m0/s1. The van der Waals surface area contributed by atoms with E-state index in [2.05, 4.69) is 20.8 Å². The molecular weight excluding hydrogens is 548 g/mol. The maximum Gasteiger partial charge on any atom is 0.303 e. The van der Waals surface area contributed by atoms with Crippen molar-refractivity contribution in [1.29, 1.82) is 0 Å². The third-order valence-electron chi connectivity index (χ3n) is 11.8. The quantitative estimate of drug-likeness (QED) is 0.163. The Morgan fingerprint density at radius 1 is 0.791 bits per heavy atom. The van der Waals surface area contributed by atoms with Gasteiger partial charge >= 0.3 is 23.9 Å². The van der Waals surface area contributed by atoms with Crippen LogP contribution < -0.4 is 0 Å². The average Bonchev–Trinajstić information content (AvgIpc) is 3.20. The zero-order valence-corrected chi connectivity index (χ0v) is 27.7. The first kappa shape index (κ1) is 33.5. The molecule has 0 spiro atoms. The highest BCUT2D eigenvalue weighted by molar-refractivity contribution is 5.68. The Morgan fingerprint density at radius 3 is 2.12 bits per heavy atom. The van der Waals surface area contributed by atoms with E-state index in [1.807, 2.05) is 6.92 Å². The van der Waals surface area contributed by atoms with Crippen LogP contribution in [0.4, 0.5) is 0 Å². The number of rotatable bonds is 9. The van der Waals surface area contributed by atoms with Gasteiger partial charge in [-0.3, -0.25) is 19.2 Å². The zero-order valence-electron chi connectivity index (χ0n) is 27.7. The lowest BCUT2D eigenvalue weighted by Crippen LogP contribution is -2.53. The van der Waals surface area contributed by atoms with Crippen molar-refractivity contribution in [1.82, 2.24) is 0 Å². The van der Waals surface area contributed by atoms with E-state index in [4.69, 9.17) is 18.9 Å². The fourth-order valence-electron chi connectivity index (χ4n) is 9.89. The Balaban J connectivity index is 1.61. The van der Waals surface area contributed by atoms with Gasteiger partial charge < -0.3 is 18.9 Å². The van der Waals surface area contributed by atoms with Gasteiger partial charge in [-0.2, -0.15) is 0 Å². The monoisotopic (exact) mass is 602 g/mol. The van der Waals surface area contributed by atoms with Crippen LogP contribution in [0.15, 0.2) is 11.1 Å². The van der Waals surface area contributed by atoms with Crippen molar-refractivity contribution in [2.24, 2.45) is 40.4 Å². The minimum atomic E-state index is -0.427. The smallest absolute Gasteiger partial charge is 0.303 e. The van der Waals surface area contributed by atoms with Crippen LogP contribution in [0.1, 0.15) is 120 Å². The van der Waals surface area contributed by atoms with Crippen molar-refractivity contribution in [3.05, 3.63) is 11.1 Å². The summed E-state index contributed by atoms with van der Waals surface area (Å²) in [6.07, 6.45) is 8.79. The van der Waals surface area contributed by atoms with Crippen LogP contribution in [0.5, 0.6) is 0 Å². The Morgan fingerprint density at radius 2 is 1.49 bits per heavy atom. The summed E-state index contributed by atoms with van der Waals surface area (Å²) in [7, 11) is 0. The van der Waals surface area contributed by atoms with Crippen molar-refractivity contribution in [3.8, 4) is 0 Å². The number of carbonyl (C=O) groups is 4. The summed E-state index contributed by atoms with van der Waals surface area (Å²) in [5, 5.41) is 0. The molecule has 0 amide bonds. The molecule has 4 aliphatic carbocycles. The summed E-state index contributed by atoms with van der Waals surface area (Å²) < 4.78 is 22.9. The molecule has 0 aliphatic heterocycles. The van der Waals surface area contributed by atoms with E-state index >= 15 is 0 Å². The van der Waals surface area contributed by atoms with Crippen LogP contribution in [0.2, 0.25) is 0 Å². The molecule has 0 bridgehead atoms. The predicted molar refractivity (Wildman–Crippen MR) is 162 cm³/mol. The molecule has 0 aromatic rings. The molecule has 242 valence electrons. The van der Waals surface area contributed by atoms with Gasteiger partial charge in [-0.05, 0) is 123 Å². The summed E-state index contributed by atoms with van der Waals surface area (Å²) in [4.78, 5) is 47.6. The minimum Gasteiger partial charge on any atom is -0.466 e. The van der Waals surface area contributed by atoms with E-state index in [0.717, 1.165) is 68.9 Å². The number of hydrogen-bond donors (Lipinski definition) is 0. The molecule has 0 heterocycles. The molecule has 10 atom stereocenters. The van der Waals surface area contributed by atoms with Gasteiger partial charge in [0.2, 0.25) is 0 Å². The van der Waals surface area contributed by atoms with Gasteiger partial charge in [0.15, 0.2) is 0 Å². The molecule has 43 heavy (non-hydrogen) atoms. The number of esters is 4. The summed E-state index contributed by atoms with van der Waals surface area (Å²) in [5.74, 6) is 1.08. The second-order valence-electron chi connectivity index (χ2n) is 14.6. The Labute approximate surface area is 258 Å². The highest BCUT2D eigenvalue weighted by atomic mass is 16.6. The average molecular weight is 603 g/mol. The fraction of sp³-hybridized carbons (Fsp3) is 0.829. The van der Waals surface area contributed by atoms with E-state index in [1.54, 1.807) is 0 Å². The van der Waals surface area contributed by atoms with Crippen molar-refractivity contribution in [3.63, 3.8) is 0 Å². The number of fused-ring (bicyclic) bond motifs is 5. The van der Waals surface area contributed by atoms with E-state index in [-0.39, 0.29) is 52.8 Å². The Kier molecular flexibility index (Phi) is 10.4. The van der Waals surface area contributed by atoms with Gasteiger partial charge in [-0.25, -0.2) is 0 Å². The SMILES string of the molecule is CC(=O)OC[C@@H](C)CC[C@H](OC(C)=O)/C(C)=C1\[C@H](OC(C)=O)C[C@H]2[C@@H]3CC[C@H]4C[C@@H](OC(C)=O)CC[C@]4(C)[C@H]3CC[C@]12C. The molecule has 4 fully saturated rings. The molecule has 0 aromatic heterocycles. The van der Waals surface area contributed by atoms with Crippen LogP contribution in [0.3, 0.4) is 0 Å². The molecule has 4 saturated carbocycles. The van der Waals surface area contributed by atoms with Gasteiger partial charge in [0.05, 0.1) is 6.61 Å². The van der Waals surface area contributed by atoms with Crippen molar-refractivity contribution in [2.75, 3.05) is 6.61 Å². The van der Waals surface area contributed by atoms with Gasteiger partial charge in [-0.15, -0.1) is 0 Å². The molecule has 0 N–H and O–H groups in total. The van der Waals surface area contributed by atoms with Crippen LogP contribution in [0, 0.1) is 40.4 Å². The van der Waals surface area contributed by atoms with Crippen LogP contribution in [0.25, 0.3) is 0 Å². The Bertz CT molecular complexity index is 1110. The van der Waals surface area contributed by atoms with E-state index < -0.39 is 6.10 Å². The summed E-state index contributed by atoms with van der Waals surface area (Å²) in [5.41, 5.74) is 2.23. The topological polar surface area (TPSA) is 105 Å². The lowest BCUT2D eigenvalue weighted by molar-refractivity contribution is -0.158. The molecule has 0 saturated heterocycles. The highest BCUT2D eigenvalue weighted by Gasteiger charge is 2.62. The summed E-state index contributed by atoms with van der Waals surface area (Å²) in [6, 6.07) is 0. The zero-order chi connectivity index (χ0) is 31.7. The van der Waals surface area contributed by atoms with E-state index in [9.17, 15) is 19.2 Å². The second kappa shape index (κ2) is 13.3. The lowest BCUT2D eigenvalue weighted by atomic mass is 9.45. The largest absolute Gasteiger partial charge is 0.466 e. The predicted octanol–water partition coefficient (Wildman–Crippen LogP) is 6.73. The van der Waals surface area contributed by atoms with Gasteiger partial charge in [-0.1, -0.05) is 20.8 Å². The fourth-order valence-corrected chi connectivity index (χ4v) is 9.89. The Hall–Kier alpha value is -2.38. The number of ether oxygens (including phenoxy) is 4. The van der Waals surface area contributed by atoms with Gasteiger partial charge in [0, 0.05) is 27.7 Å². The first-order valence-electron chi connectivity index (χ1n) is 16.5. The molecule has 0 aromatic carbocycles. The summed E-state index contributed by atoms with van der Waals surface area (Å²) >= 11 is 0. The normalized spacial score (nSPS) is 37.5. The maximum atomic E-state index is 12.4. The molecule has 0 unspecified atom stereocenters. The van der Waals surface area contributed by atoms with E-state index in [1.165, 1.54) is 27.7 Å². The number of hydrogen-bond acceptors (Lipinski definition) is 8. The van der Waals surface area contributed by atoms with Crippen LogP contribution in [-0.2, 0) is 38.1 Å². The van der Waals surface area contributed by atoms with Gasteiger partial charge in [0.1, 0.15) is 18.3 Å². The molecule has 4 aliphatic rings. The second-order valence-corrected chi connectivity index (χ2v) is 14.6.